The number of benzene rings is 2. The second-order valence-electron chi connectivity index (χ2n) is 6.90. The van der Waals surface area contributed by atoms with Crippen molar-refractivity contribution >= 4 is 46.4 Å². The normalized spacial score (nSPS) is 21.6. The van der Waals surface area contributed by atoms with Crippen molar-refractivity contribution in [1.82, 2.24) is 5.32 Å². The van der Waals surface area contributed by atoms with E-state index in [4.69, 9.17) is 23.2 Å². The van der Waals surface area contributed by atoms with Gasteiger partial charge in [-0.25, -0.2) is 0 Å². The number of hydrogen-bond acceptors (Lipinski definition) is 3. The zero-order chi connectivity index (χ0) is 19.0. The fourth-order valence-electron chi connectivity index (χ4n) is 3.52. The number of halogens is 2. The highest BCUT2D eigenvalue weighted by Crippen LogP contribution is 2.50. The smallest absolute Gasteiger partial charge is 0.239 e. The zero-order valence-electron chi connectivity index (χ0n) is 14.5. The van der Waals surface area contributed by atoms with Gasteiger partial charge in [-0.2, -0.15) is 0 Å². The van der Waals surface area contributed by atoms with Crippen LogP contribution in [-0.4, -0.2) is 31.4 Å². The average molecular weight is 404 g/mol. The maximum atomic E-state index is 12.6. The van der Waals surface area contributed by atoms with E-state index in [9.17, 15) is 9.59 Å². The largest absolute Gasteiger partial charge is 0.359 e. The molecule has 1 heterocycles. The summed E-state index contributed by atoms with van der Waals surface area (Å²) >= 11 is 12.6. The molecule has 2 amide bonds. The molecule has 2 aromatic carbocycles. The maximum absolute atomic E-state index is 12.6. The lowest BCUT2D eigenvalue weighted by molar-refractivity contribution is -0.120. The van der Waals surface area contributed by atoms with Crippen molar-refractivity contribution in [3.05, 3.63) is 58.1 Å². The molecule has 27 heavy (non-hydrogen) atoms. The van der Waals surface area contributed by atoms with Gasteiger partial charge in [-0.1, -0.05) is 41.4 Å². The third-order valence-electron chi connectivity index (χ3n) is 5.03. The number of amides is 2. The molecular formula is C20H19Cl2N3O2. The molecule has 1 saturated carbocycles. The summed E-state index contributed by atoms with van der Waals surface area (Å²) in [6, 6.07) is 13.0. The predicted molar refractivity (Wildman–Crippen MR) is 108 cm³/mol. The third-order valence-corrected chi connectivity index (χ3v) is 5.67. The molecule has 2 aliphatic rings. The Morgan fingerprint density at radius 3 is 2.70 bits per heavy atom. The van der Waals surface area contributed by atoms with Gasteiger partial charge in [0.2, 0.25) is 11.8 Å². The van der Waals surface area contributed by atoms with Crippen LogP contribution < -0.4 is 15.5 Å². The summed E-state index contributed by atoms with van der Waals surface area (Å²) < 4.78 is 0. The molecular weight excluding hydrogens is 385 g/mol. The van der Waals surface area contributed by atoms with Gasteiger partial charge < -0.3 is 15.5 Å². The monoisotopic (exact) mass is 403 g/mol. The Labute approximate surface area is 167 Å². The van der Waals surface area contributed by atoms with Crippen LogP contribution >= 0.6 is 23.2 Å². The van der Waals surface area contributed by atoms with Crippen LogP contribution in [0.3, 0.4) is 0 Å². The fraction of sp³-hybridized carbons (Fsp3) is 0.300. The molecule has 2 N–H and O–H groups in total. The molecule has 140 valence electrons. The van der Waals surface area contributed by atoms with E-state index in [1.54, 1.807) is 6.07 Å². The predicted octanol–water partition coefficient (Wildman–Crippen LogP) is 3.67. The van der Waals surface area contributed by atoms with Gasteiger partial charge >= 0.3 is 0 Å². The molecule has 1 saturated heterocycles. The second-order valence-corrected chi connectivity index (χ2v) is 7.71. The van der Waals surface area contributed by atoms with Gasteiger partial charge in [0.15, 0.2) is 0 Å². The molecule has 1 aliphatic heterocycles. The summed E-state index contributed by atoms with van der Waals surface area (Å²) in [7, 11) is 0. The van der Waals surface area contributed by atoms with Crippen LogP contribution in [0.2, 0.25) is 10.0 Å². The third kappa shape index (κ3) is 3.89. The highest BCUT2D eigenvalue weighted by Gasteiger charge is 2.44. The molecule has 2 atom stereocenters. The van der Waals surface area contributed by atoms with Crippen LogP contribution in [0.25, 0.3) is 0 Å². The SMILES string of the molecule is O=C1CN(c2ccc(NC(=O)C3CC3c3ccccc3Cl)cc2Cl)CCN1. The Kier molecular flexibility index (Phi) is 4.98. The lowest BCUT2D eigenvalue weighted by Crippen LogP contribution is -2.47. The summed E-state index contributed by atoms with van der Waals surface area (Å²) in [5.41, 5.74) is 2.47. The summed E-state index contributed by atoms with van der Waals surface area (Å²) in [5, 5.41) is 6.95. The highest BCUT2D eigenvalue weighted by atomic mass is 35.5. The zero-order valence-corrected chi connectivity index (χ0v) is 16.1. The molecule has 0 aromatic heterocycles. The Morgan fingerprint density at radius 2 is 1.96 bits per heavy atom. The topological polar surface area (TPSA) is 61.4 Å². The molecule has 0 radical (unpaired) electrons. The number of anilines is 2. The van der Waals surface area contributed by atoms with Gasteiger partial charge in [0.25, 0.3) is 0 Å². The number of nitrogens with one attached hydrogen (secondary N) is 2. The molecule has 4 rings (SSSR count). The van der Waals surface area contributed by atoms with E-state index in [0.717, 1.165) is 17.7 Å². The summed E-state index contributed by atoms with van der Waals surface area (Å²) in [6.07, 6.45) is 0.796. The van der Waals surface area contributed by atoms with E-state index >= 15 is 0 Å². The lowest BCUT2D eigenvalue weighted by Gasteiger charge is -2.29. The minimum Gasteiger partial charge on any atom is -0.359 e. The lowest BCUT2D eigenvalue weighted by atomic mass is 10.1. The van der Waals surface area contributed by atoms with Crippen molar-refractivity contribution in [2.45, 2.75) is 12.3 Å². The van der Waals surface area contributed by atoms with Crippen molar-refractivity contribution in [1.29, 1.82) is 0 Å². The minimum atomic E-state index is -0.0749. The molecule has 7 heteroatoms. The van der Waals surface area contributed by atoms with Crippen molar-refractivity contribution in [3.63, 3.8) is 0 Å². The van der Waals surface area contributed by atoms with E-state index in [1.165, 1.54) is 0 Å². The first kappa shape index (κ1) is 18.1. The van der Waals surface area contributed by atoms with Crippen molar-refractivity contribution in [2.24, 2.45) is 5.92 Å². The summed E-state index contributed by atoms with van der Waals surface area (Å²) in [6.45, 7) is 1.59. The number of carbonyl (C=O) groups excluding carboxylic acids is 2. The second kappa shape index (κ2) is 7.41. The Morgan fingerprint density at radius 1 is 1.15 bits per heavy atom. The van der Waals surface area contributed by atoms with Gasteiger partial charge in [0.05, 0.1) is 17.3 Å². The molecule has 0 spiro atoms. The van der Waals surface area contributed by atoms with Gasteiger partial charge in [-0.15, -0.1) is 0 Å². The van der Waals surface area contributed by atoms with Crippen molar-refractivity contribution in [2.75, 3.05) is 29.9 Å². The van der Waals surface area contributed by atoms with Gasteiger partial charge in [-0.3, -0.25) is 9.59 Å². The summed E-state index contributed by atoms with van der Waals surface area (Å²) in [5.74, 6) is 0.0459. The van der Waals surface area contributed by atoms with Crippen molar-refractivity contribution < 1.29 is 9.59 Å². The maximum Gasteiger partial charge on any atom is 0.239 e. The fourth-order valence-corrected chi connectivity index (χ4v) is 4.10. The van der Waals surface area contributed by atoms with E-state index < -0.39 is 0 Å². The van der Waals surface area contributed by atoms with Gasteiger partial charge in [-0.05, 0) is 42.2 Å². The summed E-state index contributed by atoms with van der Waals surface area (Å²) in [4.78, 5) is 26.0. The van der Waals surface area contributed by atoms with Crippen LogP contribution in [-0.2, 0) is 9.59 Å². The molecule has 2 fully saturated rings. The number of rotatable bonds is 4. The quantitative estimate of drug-likeness (QED) is 0.818. The van der Waals surface area contributed by atoms with Gasteiger partial charge in [0, 0.05) is 29.7 Å². The number of hydrogen-bond donors (Lipinski definition) is 2. The molecule has 1 aliphatic carbocycles. The van der Waals surface area contributed by atoms with Crippen LogP contribution in [0, 0.1) is 5.92 Å². The first-order valence-corrected chi connectivity index (χ1v) is 9.65. The average Bonchev–Trinajstić information content (AvgIpc) is 3.43. The standard InChI is InChI=1S/C20H19Cl2N3O2/c21-16-4-2-1-3-13(16)14-10-15(14)20(27)24-12-5-6-18(17(22)9-12)25-8-7-23-19(26)11-25/h1-6,9,14-15H,7-8,10-11H2,(H,23,26)(H,24,27). The van der Waals surface area contributed by atoms with E-state index in [2.05, 4.69) is 10.6 Å². The van der Waals surface area contributed by atoms with Crippen LogP contribution in [0.15, 0.2) is 42.5 Å². The minimum absolute atomic E-state index is 0.0194. The van der Waals surface area contributed by atoms with E-state index in [0.29, 0.717) is 28.8 Å². The highest BCUT2D eigenvalue weighted by molar-refractivity contribution is 6.33. The van der Waals surface area contributed by atoms with Crippen LogP contribution in [0.5, 0.6) is 0 Å². The molecule has 2 aromatic rings. The van der Waals surface area contributed by atoms with Crippen LogP contribution in [0.1, 0.15) is 17.9 Å². The number of carbonyl (C=O) groups is 2. The number of nitrogens with zero attached hydrogens (tertiary/aromatic N) is 1. The molecule has 2 unspecified atom stereocenters. The van der Waals surface area contributed by atoms with Crippen molar-refractivity contribution in [3.8, 4) is 0 Å². The van der Waals surface area contributed by atoms with Gasteiger partial charge in [0.1, 0.15) is 0 Å². The van der Waals surface area contributed by atoms with Crippen LogP contribution in [0.4, 0.5) is 11.4 Å². The first-order valence-electron chi connectivity index (χ1n) is 8.89. The Bertz CT molecular complexity index is 903. The Balaban J connectivity index is 1.41. The van der Waals surface area contributed by atoms with E-state index in [-0.39, 0.29) is 30.2 Å². The number of piperazine rings is 1. The first-order chi connectivity index (χ1) is 13.0. The molecule has 5 nitrogen and oxygen atoms in total. The van der Waals surface area contributed by atoms with E-state index in [1.807, 2.05) is 41.3 Å². The molecule has 0 bridgehead atoms. The Hall–Kier alpha value is -2.24.